The van der Waals surface area contributed by atoms with E-state index in [1.54, 1.807) is 0 Å². The molecule has 1 aromatic carbocycles. The topological polar surface area (TPSA) is 41.3 Å². The molecular formula is C18H31N3. The highest BCUT2D eigenvalue weighted by atomic mass is 15.3. The van der Waals surface area contributed by atoms with Crippen molar-refractivity contribution in [1.29, 1.82) is 0 Å². The van der Waals surface area contributed by atoms with Crippen molar-refractivity contribution in [2.75, 3.05) is 14.1 Å². The third kappa shape index (κ3) is 3.31. The number of likely N-dealkylation sites (N-methyl/N-ethyl adjacent to an activating group) is 1. The molecule has 0 aromatic heterocycles. The molecule has 118 valence electrons. The van der Waals surface area contributed by atoms with Crippen LogP contribution in [0.3, 0.4) is 0 Å². The van der Waals surface area contributed by atoms with Gasteiger partial charge >= 0.3 is 0 Å². The second-order valence-electron chi connectivity index (χ2n) is 6.87. The second-order valence-corrected chi connectivity index (χ2v) is 6.87. The van der Waals surface area contributed by atoms with Crippen LogP contribution in [0, 0.1) is 13.8 Å². The van der Waals surface area contributed by atoms with E-state index < -0.39 is 0 Å². The van der Waals surface area contributed by atoms with Gasteiger partial charge < -0.3 is 4.90 Å². The second kappa shape index (κ2) is 6.91. The van der Waals surface area contributed by atoms with Crippen LogP contribution in [-0.2, 0) is 0 Å². The molecular weight excluding hydrogens is 258 g/mol. The molecule has 1 saturated carbocycles. The Morgan fingerprint density at radius 1 is 1.10 bits per heavy atom. The van der Waals surface area contributed by atoms with Crippen molar-refractivity contribution < 1.29 is 0 Å². The lowest BCUT2D eigenvalue weighted by atomic mass is 9.77. The van der Waals surface area contributed by atoms with Gasteiger partial charge in [0.2, 0.25) is 0 Å². The largest absolute Gasteiger partial charge is 0.302 e. The quantitative estimate of drug-likeness (QED) is 0.507. The van der Waals surface area contributed by atoms with Gasteiger partial charge in [-0.1, -0.05) is 49.4 Å². The number of rotatable bonds is 4. The Bertz CT molecular complexity index is 460. The summed E-state index contributed by atoms with van der Waals surface area (Å²) in [5.74, 6) is 6.05. The van der Waals surface area contributed by atoms with Crippen LogP contribution < -0.4 is 11.3 Å². The van der Waals surface area contributed by atoms with Crippen molar-refractivity contribution in [2.24, 2.45) is 5.84 Å². The van der Waals surface area contributed by atoms with Crippen molar-refractivity contribution in [2.45, 2.75) is 64.0 Å². The predicted octanol–water partition coefficient (Wildman–Crippen LogP) is 3.46. The van der Waals surface area contributed by atoms with Crippen LogP contribution in [0.1, 0.15) is 61.3 Å². The molecule has 2 rings (SSSR count). The van der Waals surface area contributed by atoms with Gasteiger partial charge in [0.05, 0.1) is 6.04 Å². The first-order valence-electron chi connectivity index (χ1n) is 8.22. The lowest BCUT2D eigenvalue weighted by molar-refractivity contribution is 0.0797. The highest BCUT2D eigenvalue weighted by Gasteiger charge is 2.41. The van der Waals surface area contributed by atoms with Crippen LogP contribution in [0.5, 0.6) is 0 Å². The Morgan fingerprint density at radius 2 is 1.71 bits per heavy atom. The first-order chi connectivity index (χ1) is 10.0. The summed E-state index contributed by atoms with van der Waals surface area (Å²) in [6.07, 6.45) is 7.70. The molecule has 1 fully saturated rings. The van der Waals surface area contributed by atoms with E-state index in [4.69, 9.17) is 5.84 Å². The molecule has 0 radical (unpaired) electrons. The number of hydrogen-bond donors (Lipinski definition) is 2. The summed E-state index contributed by atoms with van der Waals surface area (Å²) in [6.45, 7) is 4.35. The van der Waals surface area contributed by atoms with E-state index in [0.29, 0.717) is 0 Å². The Kier molecular flexibility index (Phi) is 5.42. The molecule has 21 heavy (non-hydrogen) atoms. The van der Waals surface area contributed by atoms with E-state index in [1.807, 2.05) is 0 Å². The van der Waals surface area contributed by atoms with Gasteiger partial charge in [-0.2, -0.15) is 0 Å². The SMILES string of the molecule is Cc1ccc(C)c(C(NN)C2(N(C)C)CCCCCC2)c1. The number of nitrogens with zero attached hydrogens (tertiary/aromatic N) is 1. The van der Waals surface area contributed by atoms with Crippen molar-refractivity contribution >= 4 is 0 Å². The minimum atomic E-state index is 0.115. The maximum atomic E-state index is 6.05. The van der Waals surface area contributed by atoms with Gasteiger partial charge in [-0.15, -0.1) is 0 Å². The fourth-order valence-electron chi connectivity index (χ4n) is 3.94. The van der Waals surface area contributed by atoms with Crippen LogP contribution in [0.2, 0.25) is 0 Å². The smallest absolute Gasteiger partial charge is 0.0646 e. The maximum Gasteiger partial charge on any atom is 0.0646 e. The Hall–Kier alpha value is -0.900. The van der Waals surface area contributed by atoms with E-state index in [0.717, 1.165) is 0 Å². The molecule has 1 aliphatic rings. The molecule has 0 heterocycles. The van der Waals surface area contributed by atoms with Gasteiger partial charge in [0, 0.05) is 5.54 Å². The van der Waals surface area contributed by atoms with E-state index in [1.165, 1.54) is 55.2 Å². The van der Waals surface area contributed by atoms with Crippen molar-refractivity contribution in [1.82, 2.24) is 10.3 Å². The van der Waals surface area contributed by atoms with Gasteiger partial charge in [-0.25, -0.2) is 0 Å². The molecule has 3 heteroatoms. The van der Waals surface area contributed by atoms with Gasteiger partial charge in [0.15, 0.2) is 0 Å². The highest BCUT2D eigenvalue weighted by Crippen LogP contribution is 2.41. The summed E-state index contributed by atoms with van der Waals surface area (Å²) in [4.78, 5) is 2.41. The summed E-state index contributed by atoms with van der Waals surface area (Å²) in [5, 5.41) is 0. The van der Waals surface area contributed by atoms with Crippen LogP contribution in [0.4, 0.5) is 0 Å². The number of aryl methyl sites for hydroxylation is 2. The number of nitrogens with two attached hydrogens (primary N) is 1. The first-order valence-corrected chi connectivity index (χ1v) is 8.22. The summed E-state index contributed by atoms with van der Waals surface area (Å²) in [6, 6.07) is 6.89. The van der Waals surface area contributed by atoms with Crippen LogP contribution >= 0.6 is 0 Å². The molecule has 1 aromatic rings. The number of hydrazine groups is 1. The zero-order valence-electron chi connectivity index (χ0n) is 14.1. The normalized spacial score (nSPS) is 20.3. The zero-order valence-corrected chi connectivity index (χ0v) is 14.1. The zero-order chi connectivity index (χ0) is 15.5. The van der Waals surface area contributed by atoms with Gasteiger partial charge in [0.25, 0.3) is 0 Å². The average molecular weight is 289 g/mol. The minimum absolute atomic E-state index is 0.115. The molecule has 3 nitrogen and oxygen atoms in total. The van der Waals surface area contributed by atoms with Gasteiger partial charge in [0.1, 0.15) is 0 Å². The Labute approximate surface area is 129 Å². The van der Waals surface area contributed by atoms with Crippen LogP contribution in [-0.4, -0.2) is 24.5 Å². The van der Waals surface area contributed by atoms with Gasteiger partial charge in [-0.05, 0) is 51.9 Å². The molecule has 0 bridgehead atoms. The Balaban J connectivity index is 2.46. The maximum absolute atomic E-state index is 6.05. The summed E-state index contributed by atoms with van der Waals surface area (Å²) >= 11 is 0. The molecule has 0 saturated heterocycles. The fraction of sp³-hybridized carbons (Fsp3) is 0.667. The standard InChI is InChI=1S/C18H31N3/c1-14-9-10-15(2)16(13-14)17(20-19)18(21(3)4)11-7-5-6-8-12-18/h9-10,13,17,20H,5-8,11-12,19H2,1-4H3. The predicted molar refractivity (Wildman–Crippen MR) is 90.1 cm³/mol. The van der Waals surface area contributed by atoms with Crippen molar-refractivity contribution in [3.05, 3.63) is 34.9 Å². The first kappa shape index (κ1) is 16.5. The van der Waals surface area contributed by atoms with Crippen LogP contribution in [0.25, 0.3) is 0 Å². The molecule has 0 aliphatic heterocycles. The van der Waals surface area contributed by atoms with E-state index >= 15 is 0 Å². The fourth-order valence-corrected chi connectivity index (χ4v) is 3.94. The molecule has 0 amide bonds. The third-order valence-electron chi connectivity index (χ3n) is 5.31. The average Bonchev–Trinajstić information content (AvgIpc) is 2.70. The molecule has 1 aliphatic carbocycles. The minimum Gasteiger partial charge on any atom is -0.302 e. The number of benzene rings is 1. The molecule has 1 unspecified atom stereocenters. The lowest BCUT2D eigenvalue weighted by Crippen LogP contribution is -2.55. The highest BCUT2D eigenvalue weighted by molar-refractivity contribution is 5.35. The Morgan fingerprint density at radius 3 is 2.24 bits per heavy atom. The van der Waals surface area contributed by atoms with E-state index in [-0.39, 0.29) is 11.6 Å². The van der Waals surface area contributed by atoms with E-state index in [2.05, 4.69) is 56.5 Å². The third-order valence-corrected chi connectivity index (χ3v) is 5.31. The monoisotopic (exact) mass is 289 g/mol. The van der Waals surface area contributed by atoms with Crippen LogP contribution in [0.15, 0.2) is 18.2 Å². The van der Waals surface area contributed by atoms with Gasteiger partial charge in [-0.3, -0.25) is 11.3 Å². The summed E-state index contributed by atoms with van der Waals surface area (Å²) in [7, 11) is 4.42. The van der Waals surface area contributed by atoms with E-state index in [9.17, 15) is 0 Å². The summed E-state index contributed by atoms with van der Waals surface area (Å²) < 4.78 is 0. The molecule has 1 atom stereocenters. The molecule has 3 N–H and O–H groups in total. The number of nitrogens with one attached hydrogen (secondary N) is 1. The number of hydrogen-bond acceptors (Lipinski definition) is 3. The van der Waals surface area contributed by atoms with Crippen molar-refractivity contribution in [3.63, 3.8) is 0 Å². The molecule has 0 spiro atoms. The summed E-state index contributed by atoms with van der Waals surface area (Å²) in [5.41, 5.74) is 7.27. The van der Waals surface area contributed by atoms with Crippen molar-refractivity contribution in [3.8, 4) is 0 Å². The lowest BCUT2D eigenvalue weighted by Gasteiger charge is -2.46.